The number of nitrogens with zero attached hydrogens (tertiary/aromatic N) is 5. The number of amides is 1. The number of carboxylic acid groups (broad SMARTS) is 1. The van der Waals surface area contributed by atoms with E-state index in [1.165, 1.54) is 36.9 Å². The molecule has 0 saturated carbocycles. The van der Waals surface area contributed by atoms with Crippen LogP contribution in [0.25, 0.3) is 22.5 Å². The van der Waals surface area contributed by atoms with Crippen LogP contribution in [0.1, 0.15) is 16.8 Å². The van der Waals surface area contributed by atoms with Crippen LogP contribution in [0.3, 0.4) is 0 Å². The molecule has 0 aliphatic carbocycles. The fourth-order valence-electron chi connectivity index (χ4n) is 4.38. The van der Waals surface area contributed by atoms with Gasteiger partial charge in [-0.05, 0) is 12.1 Å². The summed E-state index contributed by atoms with van der Waals surface area (Å²) in [4.78, 5) is 43.6. The maximum Gasteiger partial charge on any atom is 0.305 e. The normalized spacial score (nSPS) is 11.8. The van der Waals surface area contributed by atoms with Crippen molar-refractivity contribution in [2.24, 2.45) is 0 Å². The Bertz CT molecular complexity index is 1790. The first kappa shape index (κ1) is 48.2. The van der Waals surface area contributed by atoms with Crippen molar-refractivity contribution in [3.8, 4) is 22.5 Å². The van der Waals surface area contributed by atoms with Crippen LogP contribution in [-0.4, -0.2) is 184 Å². The summed E-state index contributed by atoms with van der Waals surface area (Å²) in [7, 11) is -7.29. The molecule has 0 spiro atoms. The van der Waals surface area contributed by atoms with Crippen molar-refractivity contribution in [3.63, 3.8) is 0 Å². The first-order valence-corrected chi connectivity index (χ1v) is 21.8. The molecule has 3 aromatic heterocycles. The number of nitrogens with one attached hydrogen (secondary N) is 1. The zero-order valence-corrected chi connectivity index (χ0v) is 34.0. The van der Waals surface area contributed by atoms with Crippen LogP contribution in [0.2, 0.25) is 0 Å². The number of sulfone groups is 2. The van der Waals surface area contributed by atoms with Gasteiger partial charge in [-0.25, -0.2) is 41.8 Å². The molecule has 58 heavy (non-hydrogen) atoms. The van der Waals surface area contributed by atoms with Gasteiger partial charge in [0, 0.05) is 60.5 Å². The van der Waals surface area contributed by atoms with Gasteiger partial charge in [0.25, 0.3) is 5.91 Å². The van der Waals surface area contributed by atoms with Crippen molar-refractivity contribution in [3.05, 3.63) is 42.5 Å². The second-order valence-electron chi connectivity index (χ2n) is 12.0. The number of rotatable bonds is 32. The summed E-state index contributed by atoms with van der Waals surface area (Å²) < 4.78 is 90.5. The molecular weight excluding hydrogens is 809 g/mol. The van der Waals surface area contributed by atoms with Crippen LogP contribution in [0.5, 0.6) is 0 Å². The lowest BCUT2D eigenvalue weighted by atomic mass is 10.1. The quantitative estimate of drug-likeness (QED) is 0.0624. The van der Waals surface area contributed by atoms with Crippen LogP contribution in [0.15, 0.2) is 47.2 Å². The lowest BCUT2D eigenvalue weighted by molar-refractivity contribution is -0.138. The summed E-state index contributed by atoms with van der Waals surface area (Å²) in [5.41, 5.74) is 1.35. The minimum Gasteiger partial charge on any atom is -0.481 e. The summed E-state index contributed by atoms with van der Waals surface area (Å²) in [6.07, 6.45) is 7.02. The van der Waals surface area contributed by atoms with Crippen LogP contribution in [0, 0.1) is 0 Å². The lowest BCUT2D eigenvalue weighted by Crippen LogP contribution is -2.28. The van der Waals surface area contributed by atoms with Crippen LogP contribution in [-0.2, 0) is 62.4 Å². The largest absolute Gasteiger partial charge is 0.481 e. The maximum absolute atomic E-state index is 13.1. The van der Waals surface area contributed by atoms with Crippen molar-refractivity contribution in [1.82, 2.24) is 30.2 Å². The minimum atomic E-state index is -3.64. The molecule has 2 N–H and O–H groups in total. The van der Waals surface area contributed by atoms with E-state index >= 15 is 0 Å². The number of aromatic nitrogens is 5. The summed E-state index contributed by atoms with van der Waals surface area (Å²) >= 11 is 0. The molecule has 3 rings (SSSR count). The molecule has 0 aliphatic heterocycles. The van der Waals surface area contributed by atoms with Crippen molar-refractivity contribution in [1.29, 1.82) is 0 Å². The highest BCUT2D eigenvalue weighted by Gasteiger charge is 2.17. The zero-order valence-electron chi connectivity index (χ0n) is 32.4. The molecule has 0 saturated heterocycles. The average Bonchev–Trinajstić information content (AvgIpc) is 3.19. The number of pyridine rings is 1. The van der Waals surface area contributed by atoms with Crippen LogP contribution < -0.4 is 5.32 Å². The lowest BCUT2D eigenvalue weighted by Gasteiger charge is -2.11. The molecule has 0 bridgehead atoms. The molecule has 21 nitrogen and oxygen atoms in total. The maximum atomic E-state index is 13.1. The topological polar surface area (TPSA) is 273 Å². The molecular formula is C35H50N6O15S2. The van der Waals surface area contributed by atoms with Gasteiger partial charge in [-0.2, -0.15) is 0 Å². The van der Waals surface area contributed by atoms with Crippen molar-refractivity contribution >= 4 is 31.6 Å². The number of hydrogen-bond acceptors (Lipinski definition) is 19. The van der Waals surface area contributed by atoms with Gasteiger partial charge in [0.15, 0.2) is 0 Å². The van der Waals surface area contributed by atoms with E-state index in [-0.39, 0.29) is 53.4 Å². The number of carboxylic acids is 1. The monoisotopic (exact) mass is 858 g/mol. The smallest absolute Gasteiger partial charge is 0.305 e. The average molecular weight is 859 g/mol. The third-order valence-electron chi connectivity index (χ3n) is 7.19. The minimum absolute atomic E-state index is 0.0270. The first-order chi connectivity index (χ1) is 27.8. The SMILES string of the molecule is CS(=O)(=O)c1ncc(-c2cc(C(=O)NCCOCCOCCOCCOCCOCCOCCOCCOCCC(=O)O)cc(-c3cnc(S(C)(=O)=O)nc3)n2)cn1. The Morgan fingerprint density at radius 2 is 0.845 bits per heavy atom. The number of aliphatic carboxylic acids is 1. The Morgan fingerprint density at radius 3 is 1.16 bits per heavy atom. The molecule has 0 aromatic carbocycles. The van der Waals surface area contributed by atoms with Gasteiger partial charge in [-0.15, -0.1) is 0 Å². The van der Waals surface area contributed by atoms with Crippen molar-refractivity contribution in [2.45, 2.75) is 16.7 Å². The Labute approximate surface area is 336 Å². The predicted octanol–water partition coefficient (Wildman–Crippen LogP) is 0.140. The van der Waals surface area contributed by atoms with Gasteiger partial charge in [0.1, 0.15) is 0 Å². The molecule has 0 radical (unpaired) electrons. The van der Waals surface area contributed by atoms with Gasteiger partial charge in [-0.1, -0.05) is 0 Å². The highest BCUT2D eigenvalue weighted by molar-refractivity contribution is 7.90. The zero-order chi connectivity index (χ0) is 42.1. The summed E-state index contributed by atoms with van der Waals surface area (Å²) in [5, 5.41) is 10.5. The summed E-state index contributed by atoms with van der Waals surface area (Å²) in [5.74, 6) is -1.35. The third kappa shape index (κ3) is 20.0. The second-order valence-corrected chi connectivity index (χ2v) is 15.8. The van der Waals surface area contributed by atoms with E-state index in [4.69, 9.17) is 43.0 Å². The Hall–Kier alpha value is -4.17. The van der Waals surface area contributed by atoms with E-state index < -0.39 is 31.6 Å². The number of carbonyl (C=O) groups excluding carboxylic acids is 1. The van der Waals surface area contributed by atoms with Gasteiger partial charge in [0.2, 0.25) is 30.0 Å². The number of carbonyl (C=O) groups is 2. The van der Waals surface area contributed by atoms with E-state index in [1.807, 2.05) is 0 Å². The molecule has 3 heterocycles. The molecule has 0 fully saturated rings. The standard InChI is InChI=1S/C35H50N6O15S2/c1-57(45,46)34-37-23-28(24-38-34)30-21-27(22-31(41-30)29-25-39-35(40-26-29)58(2,47)48)33(44)36-4-6-50-8-10-52-12-14-54-16-18-56-20-19-55-17-15-53-13-11-51-9-7-49-5-3-32(42)43/h21-26H,3-20H2,1-2H3,(H,36,44)(H,42,43). The van der Waals surface area contributed by atoms with E-state index in [0.717, 1.165) is 12.5 Å². The molecule has 1 amide bonds. The van der Waals surface area contributed by atoms with E-state index in [1.54, 1.807) is 0 Å². The third-order valence-corrected chi connectivity index (χ3v) is 8.94. The molecule has 3 aromatic rings. The van der Waals surface area contributed by atoms with Gasteiger partial charge < -0.3 is 48.3 Å². The molecule has 0 aliphatic rings. The van der Waals surface area contributed by atoms with Crippen molar-refractivity contribution < 1.29 is 69.4 Å². The molecule has 0 unspecified atom stereocenters. The summed E-state index contributed by atoms with van der Waals surface area (Å²) in [6.45, 7) is 5.97. The molecule has 23 heteroatoms. The van der Waals surface area contributed by atoms with Gasteiger partial charge >= 0.3 is 5.97 Å². The molecule has 322 valence electrons. The second kappa shape index (κ2) is 26.8. The van der Waals surface area contributed by atoms with Gasteiger partial charge in [-0.3, -0.25) is 9.59 Å². The van der Waals surface area contributed by atoms with Gasteiger partial charge in [0.05, 0.1) is 124 Å². The number of hydrogen-bond donors (Lipinski definition) is 2. The Morgan fingerprint density at radius 1 is 0.534 bits per heavy atom. The highest BCUT2D eigenvalue weighted by atomic mass is 32.2. The molecule has 0 atom stereocenters. The van der Waals surface area contributed by atoms with Crippen LogP contribution in [0.4, 0.5) is 0 Å². The van der Waals surface area contributed by atoms with E-state index in [0.29, 0.717) is 104 Å². The predicted molar refractivity (Wildman–Crippen MR) is 204 cm³/mol. The Kier molecular flexibility index (Phi) is 22.2. The number of ether oxygens (including phenoxy) is 8. The van der Waals surface area contributed by atoms with E-state index in [9.17, 15) is 26.4 Å². The van der Waals surface area contributed by atoms with Crippen LogP contribution >= 0.6 is 0 Å². The Balaban J connectivity index is 1.23. The van der Waals surface area contributed by atoms with Crippen molar-refractivity contribution in [2.75, 3.05) is 125 Å². The summed E-state index contributed by atoms with van der Waals surface area (Å²) in [6, 6.07) is 2.97. The highest BCUT2D eigenvalue weighted by Crippen LogP contribution is 2.24. The van der Waals surface area contributed by atoms with E-state index in [2.05, 4.69) is 30.2 Å². The fourth-order valence-corrected chi connectivity index (χ4v) is 5.35. The first-order valence-electron chi connectivity index (χ1n) is 18.0. The fraction of sp³-hybridized carbons (Fsp3) is 0.571.